The highest BCUT2D eigenvalue weighted by Crippen LogP contribution is 2.54. The second kappa shape index (κ2) is 9.19. The number of carbonyl (C=O) groups excluding carboxylic acids is 1. The van der Waals surface area contributed by atoms with E-state index in [-0.39, 0.29) is 46.1 Å². The first-order chi connectivity index (χ1) is 16.7. The van der Waals surface area contributed by atoms with Gasteiger partial charge in [0.1, 0.15) is 16.9 Å². The van der Waals surface area contributed by atoms with Crippen molar-refractivity contribution in [1.82, 2.24) is 4.90 Å². The Hall–Kier alpha value is -2.36. The van der Waals surface area contributed by atoms with Crippen molar-refractivity contribution in [3.63, 3.8) is 0 Å². The van der Waals surface area contributed by atoms with Gasteiger partial charge in [0.05, 0.1) is 23.9 Å². The molecule has 0 bridgehead atoms. The third-order valence-corrected chi connectivity index (χ3v) is 9.46. The predicted molar refractivity (Wildman–Crippen MR) is 141 cm³/mol. The molecule has 1 aromatic carbocycles. The van der Waals surface area contributed by atoms with Crippen LogP contribution in [0.15, 0.2) is 34.3 Å². The van der Waals surface area contributed by atoms with E-state index in [2.05, 4.69) is 35.6 Å². The monoisotopic (exact) mass is 538 g/mol. The average molecular weight is 539 g/mol. The summed E-state index contributed by atoms with van der Waals surface area (Å²) in [5, 5.41) is 14.7. The average Bonchev–Trinajstić information content (AvgIpc) is 3.30. The van der Waals surface area contributed by atoms with Crippen LogP contribution >= 0.6 is 7.52 Å². The van der Waals surface area contributed by atoms with E-state index < -0.39 is 23.1 Å². The van der Waals surface area contributed by atoms with Crippen molar-refractivity contribution in [2.45, 2.75) is 65.3 Å². The normalized spacial score (nSPS) is 23.6. The van der Waals surface area contributed by atoms with E-state index >= 15 is 0 Å². The number of benzene rings is 1. The Kier molecular flexibility index (Phi) is 6.81. The minimum absolute atomic E-state index is 0.000371. The molecule has 12 heteroatoms. The lowest BCUT2D eigenvalue weighted by Gasteiger charge is -2.37. The molecule has 1 atom stereocenters. The number of amidine groups is 1. The van der Waals surface area contributed by atoms with E-state index in [9.17, 15) is 22.9 Å². The highest BCUT2D eigenvalue weighted by Gasteiger charge is 2.55. The maximum atomic E-state index is 13.9. The molecule has 3 N–H and O–H groups in total. The summed E-state index contributed by atoms with van der Waals surface area (Å²) in [6.45, 7) is 8.57. The maximum Gasteiger partial charge on any atom is 0.348 e. The van der Waals surface area contributed by atoms with Crippen LogP contribution in [0.4, 0.5) is 11.4 Å². The summed E-state index contributed by atoms with van der Waals surface area (Å²) in [7, 11) is -7.44. The van der Waals surface area contributed by atoms with Gasteiger partial charge in [-0.15, -0.1) is 0 Å². The van der Waals surface area contributed by atoms with Crippen LogP contribution in [-0.4, -0.2) is 55.1 Å². The van der Waals surface area contributed by atoms with Gasteiger partial charge in [0.2, 0.25) is 10.0 Å². The van der Waals surface area contributed by atoms with E-state index in [1.807, 2.05) is 0 Å². The van der Waals surface area contributed by atoms with Crippen LogP contribution < -0.4 is 15.3 Å². The summed E-state index contributed by atoms with van der Waals surface area (Å²) in [5.41, 5.74) is -0.164. The zero-order valence-electron chi connectivity index (χ0n) is 21.4. The molecule has 4 rings (SSSR count). The van der Waals surface area contributed by atoms with Crippen molar-refractivity contribution in [3.05, 3.63) is 29.5 Å². The van der Waals surface area contributed by atoms with E-state index in [0.29, 0.717) is 25.1 Å². The second-order valence-corrected chi connectivity index (χ2v) is 14.6. The number of sulfonamides is 1. The number of nitrogens with one attached hydrogen (secondary N) is 2. The van der Waals surface area contributed by atoms with Crippen LogP contribution in [0.3, 0.4) is 0 Å². The number of fused-ring (bicyclic) bond motifs is 1. The first-order valence-electron chi connectivity index (χ1n) is 12.2. The molecule has 0 saturated heterocycles. The lowest BCUT2D eigenvalue weighted by atomic mass is 9.89. The largest absolute Gasteiger partial charge is 0.509 e. The van der Waals surface area contributed by atoms with Gasteiger partial charge < -0.3 is 19.8 Å². The molecule has 1 aliphatic carbocycles. The number of rotatable bonds is 7. The Balaban J connectivity index is 1.78. The summed E-state index contributed by atoms with van der Waals surface area (Å²) in [6, 6.07) is 4.49. The van der Waals surface area contributed by atoms with Gasteiger partial charge in [-0.2, -0.15) is 4.76 Å². The first-order valence-corrected chi connectivity index (χ1v) is 15.7. The second-order valence-electron chi connectivity index (χ2n) is 10.8. The standard InChI is InChI=1S/C24H35N4O6PS/c1-6-34-35(31)18-15-16(27-36(5,32)33)9-10-17(18)25-21(26-35)19-20(29)24(11-7-8-12-24)28(22(19)30)14-13-23(2,3)4/h9-10,15,27,29H,6-8,11-14H2,1-5H3,(H,25,26,31). The zero-order valence-corrected chi connectivity index (χ0v) is 23.1. The van der Waals surface area contributed by atoms with Gasteiger partial charge in [-0.1, -0.05) is 33.6 Å². The zero-order chi connectivity index (χ0) is 26.5. The van der Waals surface area contributed by atoms with Gasteiger partial charge in [0.15, 0.2) is 5.84 Å². The fraction of sp³-hybridized carbons (Fsp3) is 0.583. The lowest BCUT2D eigenvalue weighted by Crippen LogP contribution is -2.47. The summed E-state index contributed by atoms with van der Waals surface area (Å²) >= 11 is 0. The van der Waals surface area contributed by atoms with Crippen LogP contribution in [0, 0.1) is 5.41 Å². The third-order valence-electron chi connectivity index (χ3n) is 6.80. The van der Waals surface area contributed by atoms with Crippen molar-refractivity contribution in [2.75, 3.05) is 29.4 Å². The number of anilines is 2. The topological polar surface area (TPSA) is 137 Å². The molecule has 3 aliphatic rings. The molecule has 1 aromatic rings. The Morgan fingerprint density at radius 2 is 1.94 bits per heavy atom. The van der Waals surface area contributed by atoms with Crippen molar-refractivity contribution in [3.8, 4) is 0 Å². The lowest BCUT2D eigenvalue weighted by molar-refractivity contribution is -0.130. The van der Waals surface area contributed by atoms with Crippen molar-refractivity contribution < 1.29 is 27.4 Å². The Morgan fingerprint density at radius 1 is 1.28 bits per heavy atom. The molecule has 1 unspecified atom stereocenters. The first kappa shape index (κ1) is 26.7. The number of hydrogen-bond acceptors (Lipinski definition) is 7. The van der Waals surface area contributed by atoms with Crippen LogP contribution in [0.25, 0.3) is 0 Å². The smallest absolute Gasteiger partial charge is 0.348 e. The molecule has 36 heavy (non-hydrogen) atoms. The summed E-state index contributed by atoms with van der Waals surface area (Å²) < 4.78 is 49.7. The van der Waals surface area contributed by atoms with Crippen molar-refractivity contribution in [1.29, 1.82) is 0 Å². The van der Waals surface area contributed by atoms with Crippen LogP contribution in [-0.2, 0) is 23.9 Å². The number of nitrogens with zero attached hydrogens (tertiary/aromatic N) is 2. The molecule has 2 heterocycles. The molecule has 0 aromatic heterocycles. The van der Waals surface area contributed by atoms with E-state index in [4.69, 9.17) is 4.52 Å². The summed E-state index contributed by atoms with van der Waals surface area (Å²) in [4.78, 5) is 15.5. The Morgan fingerprint density at radius 3 is 2.53 bits per heavy atom. The molecule has 1 fully saturated rings. The Bertz CT molecular complexity index is 1290. The van der Waals surface area contributed by atoms with Gasteiger partial charge in [0, 0.05) is 12.2 Å². The van der Waals surface area contributed by atoms with E-state index in [1.54, 1.807) is 17.9 Å². The number of carbonyl (C=O) groups is 1. The summed E-state index contributed by atoms with van der Waals surface area (Å²) in [6.07, 6.45) is 4.89. The van der Waals surface area contributed by atoms with E-state index in [1.165, 1.54) is 12.1 Å². The highest BCUT2D eigenvalue weighted by atomic mass is 32.2. The molecule has 10 nitrogen and oxygen atoms in total. The fourth-order valence-electron chi connectivity index (χ4n) is 5.11. The third kappa shape index (κ3) is 4.93. The van der Waals surface area contributed by atoms with Gasteiger partial charge >= 0.3 is 7.52 Å². The molecule has 1 amide bonds. The molecule has 1 spiro atoms. The molecule has 1 saturated carbocycles. The summed E-state index contributed by atoms with van der Waals surface area (Å²) in [5.74, 6) is -0.367. The number of hydrogen-bond donors (Lipinski definition) is 3. The molecular weight excluding hydrogens is 503 g/mol. The minimum Gasteiger partial charge on any atom is -0.509 e. The van der Waals surface area contributed by atoms with Gasteiger partial charge in [0.25, 0.3) is 5.91 Å². The van der Waals surface area contributed by atoms with E-state index in [0.717, 1.165) is 25.5 Å². The maximum absolute atomic E-state index is 13.9. The number of aliphatic hydroxyl groups excluding tert-OH is 1. The number of aliphatic hydroxyl groups is 1. The molecule has 2 aliphatic heterocycles. The van der Waals surface area contributed by atoms with Gasteiger partial charge in [-0.3, -0.25) is 14.1 Å². The fourth-order valence-corrected chi connectivity index (χ4v) is 7.47. The quantitative estimate of drug-likeness (QED) is 0.444. The van der Waals surface area contributed by atoms with Crippen LogP contribution in [0.1, 0.15) is 59.8 Å². The van der Waals surface area contributed by atoms with Crippen molar-refractivity contribution >= 4 is 46.0 Å². The Labute approximate surface area is 212 Å². The predicted octanol–water partition coefficient (Wildman–Crippen LogP) is 4.14. The van der Waals surface area contributed by atoms with Crippen LogP contribution in [0.5, 0.6) is 0 Å². The molecule has 0 radical (unpaired) electrons. The highest BCUT2D eigenvalue weighted by molar-refractivity contribution is 7.92. The molecule has 198 valence electrons. The van der Waals surface area contributed by atoms with Gasteiger partial charge in [-0.05, 0) is 49.8 Å². The number of amides is 1. The van der Waals surface area contributed by atoms with Gasteiger partial charge in [-0.25, -0.2) is 8.42 Å². The molecular formula is C24H35N4O6PS. The SMILES string of the molecule is CCOP1(=O)N=C(C2=C(O)C3(CCCC3)N(CCC(C)(C)C)C2=O)Nc2ccc(NS(C)(=O)=O)cc21. The van der Waals surface area contributed by atoms with Crippen molar-refractivity contribution in [2.24, 2.45) is 10.2 Å². The van der Waals surface area contributed by atoms with Crippen LogP contribution in [0.2, 0.25) is 0 Å². The minimum atomic E-state index is -3.89.